The molecule has 2 aromatic rings. The number of rotatable bonds is 8. The number of hydrogen-bond acceptors (Lipinski definition) is 4. The molecule has 0 aromatic heterocycles. The molecule has 3 N–H and O–H groups in total. The number of benzene rings is 2. The summed E-state index contributed by atoms with van der Waals surface area (Å²) in [6.45, 7) is 0.382. The largest absolute Gasteiger partial charge is 0.497 e. The molecule has 1 saturated carbocycles. The third-order valence-electron chi connectivity index (χ3n) is 4.96. The summed E-state index contributed by atoms with van der Waals surface area (Å²) < 4.78 is 11.5. The van der Waals surface area contributed by atoms with Gasteiger partial charge in [-0.25, -0.2) is 0 Å². The third kappa shape index (κ3) is 6.14. The van der Waals surface area contributed by atoms with Crippen molar-refractivity contribution in [3.05, 3.63) is 59.7 Å². The van der Waals surface area contributed by atoms with Gasteiger partial charge in [0.25, 0.3) is 0 Å². The number of carbonyl (C=O) groups excluding carboxylic acids is 1. The van der Waals surface area contributed by atoms with Crippen LogP contribution in [0.1, 0.15) is 36.8 Å². The molecule has 1 fully saturated rings. The molecule has 1 amide bonds. The SMILES string of the molecule is COc1ccc(CNC(=O)[C@@H](N)Cc2ccccc2)c(OC2CCCC2)c1.Cl. The van der Waals surface area contributed by atoms with Crippen LogP contribution in [0.15, 0.2) is 48.5 Å². The van der Waals surface area contributed by atoms with Gasteiger partial charge >= 0.3 is 0 Å². The molecule has 0 bridgehead atoms. The Hall–Kier alpha value is -2.24. The van der Waals surface area contributed by atoms with Gasteiger partial charge in [0.1, 0.15) is 11.5 Å². The molecule has 3 rings (SSSR count). The molecule has 28 heavy (non-hydrogen) atoms. The molecule has 0 saturated heterocycles. The topological polar surface area (TPSA) is 73.6 Å². The Balaban J connectivity index is 0.00000280. The van der Waals surface area contributed by atoms with E-state index in [-0.39, 0.29) is 24.4 Å². The van der Waals surface area contributed by atoms with Gasteiger partial charge in [-0.2, -0.15) is 0 Å². The monoisotopic (exact) mass is 404 g/mol. The van der Waals surface area contributed by atoms with Gasteiger partial charge in [0.05, 0.1) is 19.3 Å². The number of ether oxygens (including phenoxy) is 2. The van der Waals surface area contributed by atoms with Crippen LogP contribution in [0.5, 0.6) is 11.5 Å². The fourth-order valence-corrected chi connectivity index (χ4v) is 3.38. The molecule has 0 radical (unpaired) electrons. The summed E-state index contributed by atoms with van der Waals surface area (Å²) in [5, 5.41) is 2.94. The first-order chi connectivity index (χ1) is 13.2. The van der Waals surface area contributed by atoms with E-state index in [1.807, 2.05) is 48.5 Å². The highest BCUT2D eigenvalue weighted by atomic mass is 35.5. The molecule has 0 heterocycles. The standard InChI is InChI=1S/C22H28N2O3.ClH/c1-26-19-12-11-17(21(14-19)27-18-9-5-6-10-18)15-24-22(25)20(23)13-16-7-3-2-4-8-16;/h2-4,7-8,11-12,14,18,20H,5-6,9-10,13,15,23H2,1H3,(H,24,25);1H/t20-;/m0./s1. The van der Waals surface area contributed by atoms with Crippen molar-refractivity contribution < 1.29 is 14.3 Å². The summed E-state index contributed by atoms with van der Waals surface area (Å²) in [5.74, 6) is 1.36. The van der Waals surface area contributed by atoms with E-state index < -0.39 is 6.04 Å². The smallest absolute Gasteiger partial charge is 0.237 e. The second-order valence-electron chi connectivity index (χ2n) is 7.01. The normalized spacial score (nSPS) is 14.8. The molecule has 5 nitrogen and oxygen atoms in total. The zero-order valence-corrected chi connectivity index (χ0v) is 17.0. The van der Waals surface area contributed by atoms with Crippen molar-refractivity contribution in [3.8, 4) is 11.5 Å². The number of nitrogens with one attached hydrogen (secondary N) is 1. The van der Waals surface area contributed by atoms with E-state index in [0.29, 0.717) is 13.0 Å². The first kappa shape index (κ1) is 22.1. The van der Waals surface area contributed by atoms with Crippen molar-refractivity contribution >= 4 is 18.3 Å². The number of nitrogens with two attached hydrogens (primary N) is 1. The summed E-state index contributed by atoms with van der Waals surface area (Å²) >= 11 is 0. The maximum atomic E-state index is 12.4. The van der Waals surface area contributed by atoms with E-state index >= 15 is 0 Å². The van der Waals surface area contributed by atoms with Gasteiger partial charge in [0.15, 0.2) is 0 Å². The molecule has 6 heteroatoms. The predicted octanol–water partition coefficient (Wildman–Crippen LogP) is 3.62. The first-order valence-electron chi connectivity index (χ1n) is 9.56. The van der Waals surface area contributed by atoms with E-state index in [0.717, 1.165) is 35.5 Å². The summed E-state index contributed by atoms with van der Waals surface area (Å²) in [4.78, 5) is 12.4. The Kier molecular flexibility index (Phi) is 8.61. The van der Waals surface area contributed by atoms with Crippen LogP contribution in [-0.4, -0.2) is 25.2 Å². The van der Waals surface area contributed by atoms with Crippen LogP contribution < -0.4 is 20.5 Å². The van der Waals surface area contributed by atoms with Crippen LogP contribution in [0.4, 0.5) is 0 Å². The van der Waals surface area contributed by atoms with Gasteiger partial charge in [0, 0.05) is 18.2 Å². The van der Waals surface area contributed by atoms with Gasteiger partial charge in [-0.3, -0.25) is 4.79 Å². The van der Waals surface area contributed by atoms with Crippen molar-refractivity contribution in [1.82, 2.24) is 5.32 Å². The highest BCUT2D eigenvalue weighted by Gasteiger charge is 2.19. The van der Waals surface area contributed by atoms with E-state index in [2.05, 4.69) is 5.32 Å². The van der Waals surface area contributed by atoms with E-state index in [1.54, 1.807) is 7.11 Å². The minimum atomic E-state index is -0.579. The lowest BCUT2D eigenvalue weighted by Crippen LogP contribution is -2.41. The molecular weight excluding hydrogens is 376 g/mol. The molecule has 0 aliphatic heterocycles. The second-order valence-corrected chi connectivity index (χ2v) is 7.01. The zero-order chi connectivity index (χ0) is 19.1. The van der Waals surface area contributed by atoms with Crippen molar-refractivity contribution in [2.45, 2.75) is 50.8 Å². The van der Waals surface area contributed by atoms with Gasteiger partial charge < -0.3 is 20.5 Å². The molecular formula is C22H29ClN2O3. The van der Waals surface area contributed by atoms with E-state index in [9.17, 15) is 4.79 Å². The second kappa shape index (κ2) is 10.9. The van der Waals surface area contributed by atoms with Gasteiger partial charge in [0.2, 0.25) is 5.91 Å². The quantitative estimate of drug-likeness (QED) is 0.704. The maximum absolute atomic E-state index is 12.4. The van der Waals surface area contributed by atoms with Crippen LogP contribution >= 0.6 is 12.4 Å². The van der Waals surface area contributed by atoms with Crippen LogP contribution in [-0.2, 0) is 17.8 Å². The number of amides is 1. The lowest BCUT2D eigenvalue weighted by Gasteiger charge is -2.18. The minimum absolute atomic E-state index is 0. The highest BCUT2D eigenvalue weighted by Crippen LogP contribution is 2.30. The summed E-state index contributed by atoms with van der Waals surface area (Å²) in [5.41, 5.74) is 8.05. The van der Waals surface area contributed by atoms with Crippen LogP contribution in [0.2, 0.25) is 0 Å². The fourth-order valence-electron chi connectivity index (χ4n) is 3.38. The third-order valence-corrected chi connectivity index (χ3v) is 4.96. The van der Waals surface area contributed by atoms with Gasteiger partial charge in [-0.15, -0.1) is 12.4 Å². The van der Waals surface area contributed by atoms with Crippen LogP contribution in [0.25, 0.3) is 0 Å². The van der Waals surface area contributed by atoms with Gasteiger partial charge in [-0.05, 0) is 49.8 Å². The van der Waals surface area contributed by atoms with E-state index in [1.165, 1.54) is 12.8 Å². The molecule has 1 aliphatic carbocycles. The Morgan fingerprint density at radius 2 is 1.89 bits per heavy atom. The fraction of sp³-hybridized carbons (Fsp3) is 0.409. The highest BCUT2D eigenvalue weighted by molar-refractivity contribution is 5.85. The molecule has 0 unspecified atom stereocenters. The molecule has 2 aromatic carbocycles. The summed E-state index contributed by atoms with van der Waals surface area (Å²) in [6, 6.07) is 14.9. The van der Waals surface area contributed by atoms with Crippen molar-refractivity contribution in [3.63, 3.8) is 0 Å². The zero-order valence-electron chi connectivity index (χ0n) is 16.2. The molecule has 152 valence electrons. The van der Waals surface area contributed by atoms with Crippen LogP contribution in [0.3, 0.4) is 0 Å². The van der Waals surface area contributed by atoms with Gasteiger partial charge in [-0.1, -0.05) is 30.3 Å². The minimum Gasteiger partial charge on any atom is -0.497 e. The molecule has 1 aliphatic rings. The Labute approximate surface area is 173 Å². The number of methoxy groups -OCH3 is 1. The first-order valence-corrected chi connectivity index (χ1v) is 9.56. The number of halogens is 1. The Morgan fingerprint density at radius 1 is 1.18 bits per heavy atom. The average molecular weight is 405 g/mol. The van der Waals surface area contributed by atoms with Crippen molar-refractivity contribution in [2.75, 3.05) is 7.11 Å². The number of hydrogen-bond donors (Lipinski definition) is 2. The summed E-state index contributed by atoms with van der Waals surface area (Å²) in [7, 11) is 1.64. The van der Waals surface area contributed by atoms with Crippen molar-refractivity contribution in [1.29, 1.82) is 0 Å². The number of carbonyl (C=O) groups is 1. The molecule has 0 spiro atoms. The Morgan fingerprint density at radius 3 is 2.57 bits per heavy atom. The molecule has 1 atom stereocenters. The lowest BCUT2D eigenvalue weighted by atomic mass is 10.1. The Bertz CT molecular complexity index is 749. The van der Waals surface area contributed by atoms with Crippen molar-refractivity contribution in [2.24, 2.45) is 5.73 Å². The lowest BCUT2D eigenvalue weighted by molar-refractivity contribution is -0.122. The average Bonchev–Trinajstić information content (AvgIpc) is 3.20. The van der Waals surface area contributed by atoms with E-state index in [4.69, 9.17) is 15.2 Å². The summed E-state index contributed by atoms with van der Waals surface area (Å²) in [6.07, 6.45) is 5.31. The van der Waals surface area contributed by atoms with Crippen LogP contribution in [0, 0.1) is 0 Å². The maximum Gasteiger partial charge on any atom is 0.237 e. The predicted molar refractivity (Wildman–Crippen MR) is 113 cm³/mol.